The zero-order chi connectivity index (χ0) is 13.2. The van der Waals surface area contributed by atoms with Gasteiger partial charge in [-0.15, -0.1) is 0 Å². The van der Waals surface area contributed by atoms with Crippen LogP contribution in [-0.2, 0) is 6.18 Å². The number of anilines is 1. The molecule has 0 unspecified atom stereocenters. The number of alkyl halides is 3. The fourth-order valence-electron chi connectivity index (χ4n) is 1.76. The van der Waals surface area contributed by atoms with Gasteiger partial charge in [-0.1, -0.05) is 0 Å². The Labute approximate surface area is 103 Å². The number of rotatable bonds is 4. The zero-order valence-corrected chi connectivity index (χ0v) is 9.61. The highest BCUT2D eigenvalue weighted by atomic mass is 19.4. The third-order valence-electron chi connectivity index (χ3n) is 2.82. The van der Waals surface area contributed by atoms with Gasteiger partial charge in [0.25, 0.3) is 0 Å². The number of hydrogen-bond acceptors (Lipinski definition) is 3. The van der Waals surface area contributed by atoms with Crippen LogP contribution in [-0.4, -0.2) is 17.6 Å². The molecule has 1 fully saturated rings. The molecule has 1 aromatic rings. The molecular weight excluding hydrogens is 243 g/mol. The minimum Gasteiger partial charge on any atom is -0.353 e. The maximum absolute atomic E-state index is 12.4. The molecule has 0 N–H and O–H groups in total. The number of pyridine rings is 1. The van der Waals surface area contributed by atoms with Crippen molar-refractivity contribution in [3.05, 3.63) is 23.9 Å². The largest absolute Gasteiger partial charge is 0.417 e. The van der Waals surface area contributed by atoms with Crippen molar-refractivity contribution in [3.63, 3.8) is 0 Å². The van der Waals surface area contributed by atoms with E-state index in [0.717, 1.165) is 25.1 Å². The van der Waals surface area contributed by atoms with Gasteiger partial charge in [-0.2, -0.15) is 18.4 Å². The highest BCUT2D eigenvalue weighted by molar-refractivity contribution is 5.42. The summed E-state index contributed by atoms with van der Waals surface area (Å²) in [6.07, 6.45) is -1.15. The second-order valence-electron chi connectivity index (χ2n) is 4.24. The summed E-state index contributed by atoms with van der Waals surface area (Å²) < 4.78 is 37.2. The van der Waals surface area contributed by atoms with Crippen molar-refractivity contribution in [2.75, 3.05) is 11.4 Å². The van der Waals surface area contributed by atoms with Crippen LogP contribution in [0.5, 0.6) is 0 Å². The van der Waals surface area contributed by atoms with Crippen LogP contribution in [0.2, 0.25) is 0 Å². The summed E-state index contributed by atoms with van der Waals surface area (Å²) in [6, 6.07) is 4.76. The molecule has 2 rings (SSSR count). The third kappa shape index (κ3) is 2.92. The predicted molar refractivity (Wildman–Crippen MR) is 59.8 cm³/mol. The third-order valence-corrected chi connectivity index (χ3v) is 2.82. The van der Waals surface area contributed by atoms with E-state index in [2.05, 4.69) is 4.98 Å². The summed E-state index contributed by atoms with van der Waals surface area (Å²) in [5.41, 5.74) is -0.748. The molecule has 1 saturated carbocycles. The lowest BCUT2D eigenvalue weighted by atomic mass is 10.2. The van der Waals surface area contributed by atoms with Gasteiger partial charge >= 0.3 is 6.18 Å². The van der Waals surface area contributed by atoms with Crippen LogP contribution in [0, 0.1) is 11.3 Å². The first kappa shape index (κ1) is 12.7. The van der Waals surface area contributed by atoms with Gasteiger partial charge in [0.2, 0.25) is 0 Å². The Hall–Kier alpha value is -1.77. The van der Waals surface area contributed by atoms with Gasteiger partial charge in [0.1, 0.15) is 5.82 Å². The molecule has 96 valence electrons. The van der Waals surface area contributed by atoms with Crippen LogP contribution in [0.1, 0.15) is 24.8 Å². The van der Waals surface area contributed by atoms with Crippen molar-refractivity contribution in [2.45, 2.75) is 31.5 Å². The molecule has 0 aromatic carbocycles. The number of nitrogens with zero attached hydrogens (tertiary/aromatic N) is 3. The van der Waals surface area contributed by atoms with E-state index in [0.29, 0.717) is 24.8 Å². The molecule has 0 aliphatic heterocycles. The summed E-state index contributed by atoms with van der Waals surface area (Å²) in [5.74, 6) is 0.515. The second kappa shape index (κ2) is 4.84. The highest BCUT2D eigenvalue weighted by Crippen LogP contribution is 2.33. The van der Waals surface area contributed by atoms with Crippen LogP contribution >= 0.6 is 0 Å². The van der Waals surface area contributed by atoms with E-state index in [-0.39, 0.29) is 0 Å². The molecule has 1 aliphatic carbocycles. The predicted octanol–water partition coefficient (Wildman–Crippen LogP) is 2.98. The average Bonchev–Trinajstić information content (AvgIpc) is 3.13. The maximum Gasteiger partial charge on any atom is 0.417 e. The molecule has 0 radical (unpaired) electrons. The molecule has 0 atom stereocenters. The van der Waals surface area contributed by atoms with E-state index in [9.17, 15) is 13.2 Å². The van der Waals surface area contributed by atoms with E-state index in [1.165, 1.54) is 6.07 Å². The normalized spacial score (nSPS) is 15.2. The Morgan fingerprint density at radius 1 is 1.39 bits per heavy atom. The quantitative estimate of drug-likeness (QED) is 0.830. The van der Waals surface area contributed by atoms with Crippen LogP contribution in [0.15, 0.2) is 18.3 Å². The van der Waals surface area contributed by atoms with Crippen molar-refractivity contribution >= 4 is 5.82 Å². The Morgan fingerprint density at radius 2 is 2.11 bits per heavy atom. The van der Waals surface area contributed by atoms with Gasteiger partial charge in [0, 0.05) is 18.8 Å². The first-order valence-electron chi connectivity index (χ1n) is 5.69. The van der Waals surface area contributed by atoms with Crippen LogP contribution in [0.3, 0.4) is 0 Å². The Bertz CT molecular complexity index is 443. The Morgan fingerprint density at radius 3 is 2.56 bits per heavy atom. The van der Waals surface area contributed by atoms with Gasteiger partial charge in [-0.05, 0) is 25.0 Å². The van der Waals surface area contributed by atoms with Gasteiger partial charge in [0.15, 0.2) is 0 Å². The van der Waals surface area contributed by atoms with E-state index in [1.54, 1.807) is 0 Å². The minimum absolute atomic E-state index is 0.322. The number of halogens is 3. The maximum atomic E-state index is 12.4. The molecule has 3 nitrogen and oxygen atoms in total. The summed E-state index contributed by atoms with van der Waals surface area (Å²) in [5, 5.41) is 8.57. The highest BCUT2D eigenvalue weighted by Gasteiger charge is 2.32. The monoisotopic (exact) mass is 255 g/mol. The molecule has 1 aromatic heterocycles. The van der Waals surface area contributed by atoms with Crippen molar-refractivity contribution in [3.8, 4) is 6.07 Å². The summed E-state index contributed by atoms with van der Waals surface area (Å²) in [4.78, 5) is 5.76. The molecule has 0 saturated heterocycles. The first-order valence-corrected chi connectivity index (χ1v) is 5.69. The molecule has 0 bridgehead atoms. The fourth-order valence-corrected chi connectivity index (χ4v) is 1.76. The smallest absolute Gasteiger partial charge is 0.353 e. The Kier molecular flexibility index (Phi) is 3.41. The lowest BCUT2D eigenvalue weighted by Crippen LogP contribution is -2.27. The Balaban J connectivity index is 2.14. The minimum atomic E-state index is -4.36. The molecule has 0 amide bonds. The van der Waals surface area contributed by atoms with Gasteiger partial charge in [0.05, 0.1) is 18.1 Å². The van der Waals surface area contributed by atoms with Crippen molar-refractivity contribution < 1.29 is 13.2 Å². The second-order valence-corrected chi connectivity index (χ2v) is 4.24. The van der Waals surface area contributed by atoms with Crippen molar-refractivity contribution in [1.29, 1.82) is 5.26 Å². The molecule has 1 heterocycles. The number of hydrogen-bond donors (Lipinski definition) is 0. The summed E-state index contributed by atoms with van der Waals surface area (Å²) >= 11 is 0. The molecule has 6 heteroatoms. The molecule has 1 aliphatic rings. The van der Waals surface area contributed by atoms with Gasteiger partial charge < -0.3 is 4.90 Å². The van der Waals surface area contributed by atoms with E-state index < -0.39 is 11.7 Å². The van der Waals surface area contributed by atoms with Crippen molar-refractivity contribution in [2.24, 2.45) is 0 Å². The summed E-state index contributed by atoms with van der Waals surface area (Å²) in [6.45, 7) is 0.513. The van der Waals surface area contributed by atoms with E-state index >= 15 is 0 Å². The lowest BCUT2D eigenvalue weighted by molar-refractivity contribution is -0.137. The fraction of sp³-hybridized carbons (Fsp3) is 0.500. The molecule has 0 spiro atoms. The topological polar surface area (TPSA) is 39.9 Å². The SMILES string of the molecule is N#CCCN(c1ccc(C(F)(F)F)cn1)C1CC1. The molecule has 18 heavy (non-hydrogen) atoms. The lowest BCUT2D eigenvalue weighted by Gasteiger charge is -2.22. The van der Waals surface area contributed by atoms with Gasteiger partial charge in [-0.3, -0.25) is 0 Å². The first-order chi connectivity index (χ1) is 8.52. The van der Waals surface area contributed by atoms with Crippen molar-refractivity contribution in [1.82, 2.24) is 4.98 Å². The van der Waals surface area contributed by atoms with E-state index in [4.69, 9.17) is 5.26 Å². The zero-order valence-electron chi connectivity index (χ0n) is 9.61. The van der Waals surface area contributed by atoms with E-state index in [1.807, 2.05) is 11.0 Å². The van der Waals surface area contributed by atoms with Crippen LogP contribution in [0.4, 0.5) is 19.0 Å². The average molecular weight is 255 g/mol. The summed E-state index contributed by atoms with van der Waals surface area (Å²) in [7, 11) is 0. The van der Waals surface area contributed by atoms with Gasteiger partial charge in [-0.25, -0.2) is 4.98 Å². The number of nitriles is 1. The number of aromatic nitrogens is 1. The standard InChI is InChI=1S/C12H12F3N3/c13-12(14,15)9-2-5-11(17-8-9)18(7-1-6-16)10-3-4-10/h2,5,8,10H,1,3-4,7H2. The molecular formula is C12H12F3N3. The van der Waals surface area contributed by atoms with Crippen LogP contribution < -0.4 is 4.90 Å². The van der Waals surface area contributed by atoms with Crippen LogP contribution in [0.25, 0.3) is 0 Å².